The Morgan fingerprint density at radius 3 is 2.76 bits per heavy atom. The molecular formula is C26H29N5O6. The molecule has 4 aromatic rings. The van der Waals surface area contributed by atoms with Gasteiger partial charge in [-0.1, -0.05) is 23.4 Å². The normalized spacial score (nSPS) is 19.5. The first-order valence-electron chi connectivity index (χ1n) is 12.1. The molecular weight excluding hydrogens is 478 g/mol. The number of fused-ring (bicyclic) bond motifs is 1. The van der Waals surface area contributed by atoms with Crippen molar-refractivity contribution >= 4 is 10.8 Å². The number of H-pyrrole nitrogens is 1. The van der Waals surface area contributed by atoms with E-state index in [2.05, 4.69) is 21.4 Å². The topological polar surface area (TPSA) is 122 Å². The Kier molecular flexibility index (Phi) is 7.17. The molecule has 0 amide bonds. The van der Waals surface area contributed by atoms with Gasteiger partial charge in [0.15, 0.2) is 0 Å². The van der Waals surface area contributed by atoms with Gasteiger partial charge in [-0.15, -0.1) is 5.10 Å². The number of methoxy groups -OCH3 is 1. The molecule has 3 atom stereocenters. The smallest absolute Gasteiger partial charge is 0.330 e. The van der Waals surface area contributed by atoms with E-state index in [1.807, 2.05) is 41.9 Å². The summed E-state index contributed by atoms with van der Waals surface area (Å²) in [6, 6.07) is 11.8. The van der Waals surface area contributed by atoms with Crippen LogP contribution in [0.1, 0.15) is 31.2 Å². The first-order valence-corrected chi connectivity index (χ1v) is 12.1. The van der Waals surface area contributed by atoms with E-state index in [0.29, 0.717) is 18.6 Å². The zero-order chi connectivity index (χ0) is 25.9. The lowest BCUT2D eigenvalue weighted by Gasteiger charge is -2.20. The summed E-state index contributed by atoms with van der Waals surface area (Å²) < 4.78 is 25.9. The average molecular weight is 508 g/mol. The van der Waals surface area contributed by atoms with Gasteiger partial charge >= 0.3 is 5.69 Å². The van der Waals surface area contributed by atoms with Crippen molar-refractivity contribution in [1.29, 1.82) is 0 Å². The van der Waals surface area contributed by atoms with Crippen molar-refractivity contribution in [2.24, 2.45) is 0 Å². The summed E-state index contributed by atoms with van der Waals surface area (Å²) >= 11 is 0. The minimum atomic E-state index is -0.616. The van der Waals surface area contributed by atoms with Crippen molar-refractivity contribution < 1.29 is 18.9 Å². The van der Waals surface area contributed by atoms with E-state index in [1.165, 1.54) is 10.8 Å². The van der Waals surface area contributed by atoms with Gasteiger partial charge in [0.25, 0.3) is 5.56 Å². The van der Waals surface area contributed by atoms with E-state index >= 15 is 0 Å². The summed E-state index contributed by atoms with van der Waals surface area (Å²) in [5.74, 6) is 0.795. The van der Waals surface area contributed by atoms with Gasteiger partial charge in [0.1, 0.15) is 24.9 Å². The fraction of sp³-hybridized carbons (Fsp3) is 0.385. The van der Waals surface area contributed by atoms with Crippen LogP contribution in [0, 0.1) is 6.92 Å². The zero-order valence-electron chi connectivity index (χ0n) is 20.9. The third kappa shape index (κ3) is 5.06. The highest BCUT2D eigenvalue weighted by Gasteiger charge is 2.40. The summed E-state index contributed by atoms with van der Waals surface area (Å²) in [5.41, 5.74) is 1.23. The Labute approximate surface area is 212 Å². The zero-order valence-corrected chi connectivity index (χ0v) is 20.9. The predicted octanol–water partition coefficient (Wildman–Crippen LogP) is 2.80. The minimum absolute atomic E-state index is 0.129. The molecule has 0 saturated carbocycles. The standard InChI is InChI=1S/C26H29N5O6/c1-4-35-15-36-14-23-21(11-24(37-23)30-13-16(2)25(32)28-26(30)33)31-22(12-27-29-31)19-6-5-18-10-20(34-3)8-7-17(18)9-19/h5-10,12-13,21,23-24H,4,11,14-15H2,1-3H3,(H,28,32,33)/t21-,23+,24+/m0/s1. The third-order valence-corrected chi connectivity index (χ3v) is 6.55. The maximum absolute atomic E-state index is 12.6. The van der Waals surface area contributed by atoms with Crippen molar-refractivity contribution in [3.8, 4) is 17.0 Å². The van der Waals surface area contributed by atoms with Crippen LogP contribution in [0.2, 0.25) is 0 Å². The second-order valence-corrected chi connectivity index (χ2v) is 8.88. The highest BCUT2D eigenvalue weighted by atomic mass is 16.7. The highest BCUT2D eigenvalue weighted by molar-refractivity contribution is 5.87. The van der Waals surface area contributed by atoms with E-state index in [4.69, 9.17) is 18.9 Å². The lowest BCUT2D eigenvalue weighted by atomic mass is 10.0. The summed E-state index contributed by atoms with van der Waals surface area (Å²) in [5, 5.41) is 10.7. The molecule has 11 heteroatoms. The van der Waals surface area contributed by atoms with Crippen LogP contribution in [0.5, 0.6) is 5.75 Å². The van der Waals surface area contributed by atoms with E-state index in [9.17, 15) is 9.59 Å². The molecule has 194 valence electrons. The second kappa shape index (κ2) is 10.7. The van der Waals surface area contributed by atoms with Crippen LogP contribution >= 0.6 is 0 Å². The number of ether oxygens (including phenoxy) is 4. The van der Waals surface area contributed by atoms with Crippen molar-refractivity contribution in [3.05, 3.63) is 75.2 Å². The number of nitrogens with one attached hydrogen (secondary N) is 1. The number of rotatable bonds is 9. The molecule has 1 aliphatic heterocycles. The SMILES string of the molecule is CCOCOC[C@H]1O[C@@H](n2cc(C)c(=O)[nH]c2=O)C[C@@H]1n1nncc1-c1ccc2cc(OC)ccc2c1. The molecule has 1 aliphatic rings. The molecule has 0 spiro atoms. The fourth-order valence-electron chi connectivity index (χ4n) is 4.61. The Balaban J connectivity index is 1.48. The third-order valence-electron chi connectivity index (χ3n) is 6.55. The molecule has 0 radical (unpaired) electrons. The number of aryl methyl sites for hydroxylation is 1. The Bertz CT molecular complexity index is 1510. The number of hydrogen-bond donors (Lipinski definition) is 1. The molecule has 2 aromatic heterocycles. The summed E-state index contributed by atoms with van der Waals surface area (Å²) in [6.07, 6.45) is 2.61. The molecule has 37 heavy (non-hydrogen) atoms. The van der Waals surface area contributed by atoms with Gasteiger partial charge in [0.05, 0.1) is 31.6 Å². The monoisotopic (exact) mass is 507 g/mol. The molecule has 1 fully saturated rings. The first-order chi connectivity index (χ1) is 18.0. The van der Waals surface area contributed by atoms with Crippen molar-refractivity contribution in [1.82, 2.24) is 24.5 Å². The maximum Gasteiger partial charge on any atom is 0.330 e. The van der Waals surface area contributed by atoms with Crippen LogP contribution in [0.15, 0.2) is 58.4 Å². The Morgan fingerprint density at radius 2 is 1.95 bits per heavy atom. The van der Waals surface area contributed by atoms with Crippen molar-refractivity contribution in [2.75, 3.05) is 27.1 Å². The number of hydrogen-bond acceptors (Lipinski definition) is 8. The minimum Gasteiger partial charge on any atom is -0.497 e. The molecule has 5 rings (SSSR count). The molecule has 0 aliphatic carbocycles. The van der Waals surface area contributed by atoms with E-state index in [-0.39, 0.29) is 19.4 Å². The van der Waals surface area contributed by atoms with Gasteiger partial charge in [-0.25, -0.2) is 9.48 Å². The van der Waals surface area contributed by atoms with Crippen LogP contribution in [0.4, 0.5) is 0 Å². The second-order valence-electron chi connectivity index (χ2n) is 8.88. The van der Waals surface area contributed by atoms with Gasteiger partial charge in [-0.3, -0.25) is 14.3 Å². The quantitative estimate of drug-likeness (QED) is 0.271. The van der Waals surface area contributed by atoms with Crippen LogP contribution in [-0.4, -0.2) is 57.8 Å². The van der Waals surface area contributed by atoms with Crippen LogP contribution < -0.4 is 16.0 Å². The van der Waals surface area contributed by atoms with Crippen LogP contribution in [0.25, 0.3) is 22.0 Å². The fourth-order valence-corrected chi connectivity index (χ4v) is 4.61. The molecule has 11 nitrogen and oxygen atoms in total. The van der Waals surface area contributed by atoms with Gasteiger partial charge in [0.2, 0.25) is 0 Å². The highest BCUT2D eigenvalue weighted by Crippen LogP contribution is 2.38. The molecule has 1 saturated heterocycles. The van der Waals surface area contributed by atoms with Gasteiger partial charge < -0.3 is 18.9 Å². The van der Waals surface area contributed by atoms with Gasteiger partial charge in [-0.2, -0.15) is 0 Å². The number of aromatic amines is 1. The van der Waals surface area contributed by atoms with E-state index < -0.39 is 23.6 Å². The summed E-state index contributed by atoms with van der Waals surface area (Å²) in [4.78, 5) is 26.8. The summed E-state index contributed by atoms with van der Waals surface area (Å²) in [7, 11) is 1.65. The predicted molar refractivity (Wildman–Crippen MR) is 136 cm³/mol. The molecule has 3 heterocycles. The van der Waals surface area contributed by atoms with Crippen molar-refractivity contribution in [3.63, 3.8) is 0 Å². The molecule has 0 bridgehead atoms. The van der Waals surface area contributed by atoms with Gasteiger partial charge in [0, 0.05) is 30.4 Å². The Morgan fingerprint density at radius 1 is 1.14 bits per heavy atom. The van der Waals surface area contributed by atoms with Crippen LogP contribution in [0.3, 0.4) is 0 Å². The Hall–Kier alpha value is -3.80. The molecule has 0 unspecified atom stereocenters. The van der Waals surface area contributed by atoms with Crippen molar-refractivity contribution in [2.45, 2.75) is 38.6 Å². The maximum atomic E-state index is 12.6. The lowest BCUT2D eigenvalue weighted by molar-refractivity contribution is -0.102. The van der Waals surface area contributed by atoms with E-state index in [0.717, 1.165) is 27.8 Å². The van der Waals surface area contributed by atoms with E-state index in [1.54, 1.807) is 20.2 Å². The largest absolute Gasteiger partial charge is 0.497 e. The number of nitrogens with zero attached hydrogens (tertiary/aromatic N) is 4. The average Bonchev–Trinajstić information content (AvgIpc) is 3.55. The number of benzene rings is 2. The molecule has 1 N–H and O–H groups in total. The molecule has 2 aromatic carbocycles. The number of aromatic nitrogens is 5. The first kappa shape index (κ1) is 24.9. The lowest BCUT2D eigenvalue weighted by Crippen LogP contribution is -2.33. The summed E-state index contributed by atoms with van der Waals surface area (Å²) in [6.45, 7) is 4.43. The van der Waals surface area contributed by atoms with Crippen LogP contribution in [-0.2, 0) is 14.2 Å². The van der Waals surface area contributed by atoms with Gasteiger partial charge in [-0.05, 0) is 42.8 Å².